The summed E-state index contributed by atoms with van der Waals surface area (Å²) in [7, 11) is 3.56. The van der Waals surface area contributed by atoms with Crippen LogP contribution >= 0.6 is 0 Å². The number of guanidine groups is 1. The van der Waals surface area contributed by atoms with E-state index in [4.69, 9.17) is 4.99 Å². The number of hydrogen-bond donors (Lipinski definition) is 2. The summed E-state index contributed by atoms with van der Waals surface area (Å²) in [5, 5.41) is 6.80. The molecule has 160 valence electrons. The van der Waals surface area contributed by atoms with E-state index in [0.717, 1.165) is 43.1 Å². The molecule has 0 saturated heterocycles. The van der Waals surface area contributed by atoms with Crippen molar-refractivity contribution in [2.45, 2.75) is 38.5 Å². The summed E-state index contributed by atoms with van der Waals surface area (Å²) in [6.07, 6.45) is 4.46. The summed E-state index contributed by atoms with van der Waals surface area (Å²) in [6.45, 7) is 4.50. The molecule has 2 N–H and O–H groups in total. The molecule has 3 rings (SSSR count). The SMILES string of the molecule is CCNC(=NCC1CCCc2ccccc21)NCCc1cccc(C(=O)N(C)C)c1. The Labute approximate surface area is 180 Å². The minimum absolute atomic E-state index is 0.0347. The van der Waals surface area contributed by atoms with Gasteiger partial charge in [-0.2, -0.15) is 0 Å². The van der Waals surface area contributed by atoms with Crippen LogP contribution in [0.3, 0.4) is 0 Å². The monoisotopic (exact) mass is 406 g/mol. The Hall–Kier alpha value is -2.82. The van der Waals surface area contributed by atoms with E-state index in [1.165, 1.54) is 30.4 Å². The number of amides is 1. The molecule has 5 nitrogen and oxygen atoms in total. The van der Waals surface area contributed by atoms with Gasteiger partial charge in [0.2, 0.25) is 0 Å². The van der Waals surface area contributed by atoms with Crippen molar-refractivity contribution < 1.29 is 4.79 Å². The molecule has 2 aromatic rings. The maximum Gasteiger partial charge on any atom is 0.253 e. The normalized spacial score (nSPS) is 16.0. The van der Waals surface area contributed by atoms with E-state index in [-0.39, 0.29) is 5.91 Å². The van der Waals surface area contributed by atoms with Gasteiger partial charge in [-0.15, -0.1) is 0 Å². The maximum absolute atomic E-state index is 12.2. The number of nitrogens with zero attached hydrogens (tertiary/aromatic N) is 2. The molecule has 1 amide bonds. The zero-order valence-electron chi connectivity index (χ0n) is 18.4. The van der Waals surface area contributed by atoms with Crippen molar-refractivity contribution in [3.8, 4) is 0 Å². The van der Waals surface area contributed by atoms with E-state index >= 15 is 0 Å². The molecule has 0 aromatic heterocycles. The molecule has 0 radical (unpaired) electrons. The molecular weight excluding hydrogens is 372 g/mol. The van der Waals surface area contributed by atoms with Gasteiger partial charge in [-0.1, -0.05) is 36.4 Å². The van der Waals surface area contributed by atoms with Crippen LogP contribution in [0.5, 0.6) is 0 Å². The second-order valence-corrected chi connectivity index (χ2v) is 8.08. The molecule has 30 heavy (non-hydrogen) atoms. The van der Waals surface area contributed by atoms with Crippen LogP contribution in [0.15, 0.2) is 53.5 Å². The molecule has 0 bridgehead atoms. The topological polar surface area (TPSA) is 56.7 Å². The van der Waals surface area contributed by atoms with Gasteiger partial charge < -0.3 is 15.5 Å². The molecule has 1 atom stereocenters. The van der Waals surface area contributed by atoms with E-state index < -0.39 is 0 Å². The van der Waals surface area contributed by atoms with Gasteiger partial charge in [-0.05, 0) is 61.4 Å². The first-order valence-electron chi connectivity index (χ1n) is 11.0. The first-order chi connectivity index (χ1) is 14.6. The third-order valence-corrected chi connectivity index (χ3v) is 5.59. The Morgan fingerprint density at radius 3 is 2.77 bits per heavy atom. The van der Waals surface area contributed by atoms with E-state index in [1.54, 1.807) is 19.0 Å². The summed E-state index contributed by atoms with van der Waals surface area (Å²) in [6, 6.07) is 16.7. The molecule has 0 aliphatic heterocycles. The minimum Gasteiger partial charge on any atom is -0.357 e. The summed E-state index contributed by atoms with van der Waals surface area (Å²) in [5.41, 5.74) is 4.82. The Morgan fingerprint density at radius 2 is 1.97 bits per heavy atom. The average molecular weight is 407 g/mol. The summed E-state index contributed by atoms with van der Waals surface area (Å²) < 4.78 is 0. The molecule has 1 unspecified atom stereocenters. The second-order valence-electron chi connectivity index (χ2n) is 8.08. The fourth-order valence-corrected chi connectivity index (χ4v) is 4.03. The van der Waals surface area contributed by atoms with Crippen LogP contribution < -0.4 is 10.6 Å². The van der Waals surface area contributed by atoms with Gasteiger partial charge >= 0.3 is 0 Å². The molecule has 0 spiro atoms. The van der Waals surface area contributed by atoms with Gasteiger partial charge in [-0.25, -0.2) is 0 Å². The maximum atomic E-state index is 12.2. The van der Waals surface area contributed by atoms with Gasteiger partial charge in [0.05, 0.1) is 0 Å². The van der Waals surface area contributed by atoms with Gasteiger partial charge in [-0.3, -0.25) is 9.79 Å². The predicted octanol–water partition coefficient (Wildman–Crippen LogP) is 3.61. The number of carbonyl (C=O) groups excluding carboxylic acids is 1. The zero-order valence-corrected chi connectivity index (χ0v) is 18.4. The number of carbonyl (C=O) groups is 1. The highest BCUT2D eigenvalue weighted by atomic mass is 16.2. The quantitative estimate of drug-likeness (QED) is 0.546. The minimum atomic E-state index is 0.0347. The van der Waals surface area contributed by atoms with Crippen LogP contribution in [0.25, 0.3) is 0 Å². The van der Waals surface area contributed by atoms with Gasteiger partial charge in [0.1, 0.15) is 0 Å². The number of fused-ring (bicyclic) bond motifs is 1. The lowest BCUT2D eigenvalue weighted by Gasteiger charge is -2.24. The van der Waals surface area contributed by atoms with Crippen molar-refractivity contribution in [1.29, 1.82) is 0 Å². The third-order valence-electron chi connectivity index (χ3n) is 5.59. The highest BCUT2D eigenvalue weighted by molar-refractivity contribution is 5.94. The van der Waals surface area contributed by atoms with Crippen molar-refractivity contribution in [2.24, 2.45) is 4.99 Å². The average Bonchev–Trinajstić information content (AvgIpc) is 2.77. The lowest BCUT2D eigenvalue weighted by Crippen LogP contribution is -2.38. The standard InChI is InChI=1S/C25H34N4O/c1-4-26-25(28-18-22-13-8-11-20-10-5-6-14-23(20)22)27-16-15-19-9-7-12-21(17-19)24(30)29(2)3/h5-7,9-10,12,14,17,22H,4,8,11,13,15-16,18H2,1-3H3,(H2,26,27,28). The summed E-state index contributed by atoms with van der Waals surface area (Å²) in [5.74, 6) is 1.40. The smallest absolute Gasteiger partial charge is 0.253 e. The second kappa shape index (κ2) is 10.8. The van der Waals surface area contributed by atoms with Crippen LogP contribution in [0.1, 0.15) is 52.7 Å². The van der Waals surface area contributed by atoms with E-state index in [9.17, 15) is 4.79 Å². The zero-order chi connectivity index (χ0) is 21.3. The molecule has 5 heteroatoms. The van der Waals surface area contributed by atoms with Crippen molar-refractivity contribution >= 4 is 11.9 Å². The lowest BCUT2D eigenvalue weighted by molar-refractivity contribution is 0.0827. The highest BCUT2D eigenvalue weighted by Crippen LogP contribution is 2.31. The Bertz CT molecular complexity index is 875. The Balaban J connectivity index is 1.58. The van der Waals surface area contributed by atoms with Gasteiger partial charge in [0, 0.05) is 45.2 Å². The van der Waals surface area contributed by atoms with Crippen LogP contribution in [0.4, 0.5) is 0 Å². The van der Waals surface area contributed by atoms with Crippen LogP contribution in [0.2, 0.25) is 0 Å². The number of hydrogen-bond acceptors (Lipinski definition) is 2. The largest absolute Gasteiger partial charge is 0.357 e. The number of nitrogens with one attached hydrogen (secondary N) is 2. The molecule has 1 aliphatic carbocycles. The molecule has 2 aromatic carbocycles. The van der Waals surface area contributed by atoms with E-state index in [0.29, 0.717) is 5.92 Å². The van der Waals surface area contributed by atoms with Gasteiger partial charge in [0.15, 0.2) is 5.96 Å². The fourth-order valence-electron chi connectivity index (χ4n) is 4.03. The van der Waals surface area contributed by atoms with Crippen molar-refractivity contribution in [3.05, 3.63) is 70.8 Å². The van der Waals surface area contributed by atoms with E-state index in [1.807, 2.05) is 18.2 Å². The Kier molecular flexibility index (Phi) is 7.89. The number of rotatable bonds is 7. The molecule has 0 fully saturated rings. The van der Waals surface area contributed by atoms with Crippen molar-refractivity contribution in [3.63, 3.8) is 0 Å². The number of aryl methyl sites for hydroxylation is 1. The predicted molar refractivity (Wildman–Crippen MR) is 124 cm³/mol. The molecule has 0 heterocycles. The first-order valence-corrected chi connectivity index (χ1v) is 11.0. The van der Waals surface area contributed by atoms with E-state index in [2.05, 4.69) is 47.9 Å². The van der Waals surface area contributed by atoms with Crippen LogP contribution in [-0.2, 0) is 12.8 Å². The number of aliphatic imine (C=N–C) groups is 1. The summed E-state index contributed by atoms with van der Waals surface area (Å²) in [4.78, 5) is 18.6. The van der Waals surface area contributed by atoms with Crippen molar-refractivity contribution in [2.75, 3.05) is 33.7 Å². The van der Waals surface area contributed by atoms with Crippen LogP contribution in [0, 0.1) is 0 Å². The van der Waals surface area contributed by atoms with Gasteiger partial charge in [0.25, 0.3) is 5.91 Å². The molecule has 1 aliphatic rings. The molecule has 0 saturated carbocycles. The third kappa shape index (κ3) is 5.85. The highest BCUT2D eigenvalue weighted by Gasteiger charge is 2.19. The molecular formula is C25H34N4O. The summed E-state index contributed by atoms with van der Waals surface area (Å²) >= 11 is 0. The fraction of sp³-hybridized carbons (Fsp3) is 0.440. The van der Waals surface area contributed by atoms with Crippen molar-refractivity contribution in [1.82, 2.24) is 15.5 Å². The van der Waals surface area contributed by atoms with Crippen LogP contribution in [-0.4, -0.2) is 50.5 Å². The Morgan fingerprint density at radius 1 is 1.13 bits per heavy atom. The number of benzene rings is 2. The first kappa shape index (κ1) is 21.9. The lowest BCUT2D eigenvalue weighted by atomic mass is 9.83.